The number of hydrogen-bond donors (Lipinski definition) is 1. The lowest BCUT2D eigenvalue weighted by molar-refractivity contribution is 0.173. The fraction of sp³-hybridized carbons (Fsp3) is 0.200. The smallest absolute Gasteiger partial charge is 0.147 e. The summed E-state index contributed by atoms with van der Waals surface area (Å²) in [6.07, 6.45) is -0.800. The minimum Gasteiger partial charge on any atom is -0.388 e. The van der Waals surface area contributed by atoms with Gasteiger partial charge in [0.2, 0.25) is 0 Å². The van der Waals surface area contributed by atoms with E-state index in [-0.39, 0.29) is 22.8 Å². The maximum absolute atomic E-state index is 13.8. The van der Waals surface area contributed by atoms with Crippen molar-refractivity contribution in [2.45, 2.75) is 19.4 Å². The first-order valence-corrected chi connectivity index (χ1v) is 6.24. The molecule has 1 N–H and O–H groups in total. The van der Waals surface area contributed by atoms with Crippen LogP contribution in [0.2, 0.25) is 5.02 Å². The molecule has 2 aromatic carbocycles. The molecular formula is C15H13ClF2O. The molecular weight excluding hydrogens is 270 g/mol. The van der Waals surface area contributed by atoms with Gasteiger partial charge in [0, 0.05) is 12.0 Å². The average molecular weight is 283 g/mol. The van der Waals surface area contributed by atoms with Crippen LogP contribution in [-0.2, 0) is 6.42 Å². The minimum atomic E-state index is -1.01. The SMILES string of the molecule is Cc1cc(F)ccc1CC(O)c1cccc(Cl)c1F. The Morgan fingerprint density at radius 2 is 1.95 bits per heavy atom. The van der Waals surface area contributed by atoms with E-state index in [9.17, 15) is 13.9 Å². The van der Waals surface area contributed by atoms with E-state index in [0.717, 1.165) is 11.1 Å². The predicted molar refractivity (Wildman–Crippen MR) is 71.2 cm³/mol. The summed E-state index contributed by atoms with van der Waals surface area (Å²) in [7, 11) is 0. The van der Waals surface area contributed by atoms with Crippen molar-refractivity contribution >= 4 is 11.6 Å². The number of aryl methyl sites for hydroxylation is 1. The van der Waals surface area contributed by atoms with Crippen molar-refractivity contribution < 1.29 is 13.9 Å². The highest BCUT2D eigenvalue weighted by molar-refractivity contribution is 6.30. The summed E-state index contributed by atoms with van der Waals surface area (Å²) in [4.78, 5) is 0. The Morgan fingerprint density at radius 3 is 2.63 bits per heavy atom. The molecule has 0 aliphatic rings. The zero-order chi connectivity index (χ0) is 14.0. The van der Waals surface area contributed by atoms with E-state index in [1.165, 1.54) is 24.3 Å². The van der Waals surface area contributed by atoms with Gasteiger partial charge in [0.15, 0.2) is 0 Å². The van der Waals surface area contributed by atoms with Crippen LogP contribution in [-0.4, -0.2) is 5.11 Å². The molecule has 1 atom stereocenters. The van der Waals surface area contributed by atoms with Crippen molar-refractivity contribution in [3.63, 3.8) is 0 Å². The summed E-state index contributed by atoms with van der Waals surface area (Å²) < 4.78 is 26.8. The molecule has 0 saturated heterocycles. The summed E-state index contributed by atoms with van der Waals surface area (Å²) in [6, 6.07) is 8.80. The second kappa shape index (κ2) is 5.68. The maximum Gasteiger partial charge on any atom is 0.147 e. The third-order valence-electron chi connectivity index (χ3n) is 3.06. The molecule has 2 rings (SSSR count). The molecule has 0 aromatic heterocycles. The van der Waals surface area contributed by atoms with E-state index >= 15 is 0 Å². The maximum atomic E-state index is 13.8. The molecule has 0 bridgehead atoms. The Balaban J connectivity index is 2.25. The van der Waals surface area contributed by atoms with Gasteiger partial charge in [-0.05, 0) is 36.2 Å². The van der Waals surface area contributed by atoms with E-state index in [2.05, 4.69) is 0 Å². The van der Waals surface area contributed by atoms with Crippen LogP contribution in [0.1, 0.15) is 22.8 Å². The van der Waals surface area contributed by atoms with E-state index in [0.29, 0.717) is 0 Å². The number of rotatable bonds is 3. The first-order chi connectivity index (χ1) is 8.99. The van der Waals surface area contributed by atoms with Crippen LogP contribution in [0.15, 0.2) is 36.4 Å². The summed E-state index contributed by atoms with van der Waals surface area (Å²) in [5.41, 5.74) is 1.64. The van der Waals surface area contributed by atoms with Crippen LogP contribution in [0.4, 0.5) is 8.78 Å². The van der Waals surface area contributed by atoms with Crippen molar-refractivity contribution in [3.05, 3.63) is 69.7 Å². The van der Waals surface area contributed by atoms with Crippen LogP contribution >= 0.6 is 11.6 Å². The van der Waals surface area contributed by atoms with E-state index in [4.69, 9.17) is 11.6 Å². The molecule has 2 aromatic rings. The van der Waals surface area contributed by atoms with Gasteiger partial charge in [-0.3, -0.25) is 0 Å². The van der Waals surface area contributed by atoms with Gasteiger partial charge in [0.1, 0.15) is 11.6 Å². The van der Waals surface area contributed by atoms with Crippen molar-refractivity contribution in [2.75, 3.05) is 0 Å². The Labute approximate surface area is 115 Å². The molecule has 100 valence electrons. The molecule has 0 spiro atoms. The van der Waals surface area contributed by atoms with Crippen molar-refractivity contribution in [3.8, 4) is 0 Å². The molecule has 0 fully saturated rings. The number of halogens is 3. The summed E-state index contributed by atoms with van der Waals surface area (Å²) in [5.74, 6) is -0.943. The van der Waals surface area contributed by atoms with Crippen LogP contribution < -0.4 is 0 Å². The minimum absolute atomic E-state index is 0.0209. The van der Waals surface area contributed by atoms with Crippen LogP contribution in [0.5, 0.6) is 0 Å². The van der Waals surface area contributed by atoms with Gasteiger partial charge < -0.3 is 5.11 Å². The summed E-state index contributed by atoms with van der Waals surface area (Å²) >= 11 is 5.68. The largest absolute Gasteiger partial charge is 0.388 e. The number of aliphatic hydroxyl groups is 1. The Bertz CT molecular complexity index is 599. The monoisotopic (exact) mass is 282 g/mol. The van der Waals surface area contributed by atoms with Gasteiger partial charge >= 0.3 is 0 Å². The average Bonchev–Trinajstić information content (AvgIpc) is 2.36. The van der Waals surface area contributed by atoms with Crippen molar-refractivity contribution in [2.24, 2.45) is 0 Å². The van der Waals surface area contributed by atoms with Crippen molar-refractivity contribution in [1.82, 2.24) is 0 Å². The van der Waals surface area contributed by atoms with E-state index in [1.807, 2.05) is 0 Å². The molecule has 0 radical (unpaired) electrons. The lowest BCUT2D eigenvalue weighted by Crippen LogP contribution is -2.06. The number of hydrogen-bond acceptors (Lipinski definition) is 1. The number of benzene rings is 2. The van der Waals surface area contributed by atoms with Gasteiger partial charge in [-0.15, -0.1) is 0 Å². The van der Waals surface area contributed by atoms with Gasteiger partial charge in [0.05, 0.1) is 11.1 Å². The zero-order valence-corrected chi connectivity index (χ0v) is 11.1. The fourth-order valence-electron chi connectivity index (χ4n) is 1.98. The molecule has 0 saturated carbocycles. The zero-order valence-electron chi connectivity index (χ0n) is 10.3. The molecule has 1 unspecified atom stereocenters. The third-order valence-corrected chi connectivity index (χ3v) is 3.35. The first-order valence-electron chi connectivity index (χ1n) is 5.86. The first kappa shape index (κ1) is 14.0. The normalized spacial score (nSPS) is 12.5. The highest BCUT2D eigenvalue weighted by atomic mass is 35.5. The quantitative estimate of drug-likeness (QED) is 0.894. The lowest BCUT2D eigenvalue weighted by atomic mass is 9.98. The molecule has 0 heterocycles. The van der Waals surface area contributed by atoms with Crippen molar-refractivity contribution in [1.29, 1.82) is 0 Å². The fourth-order valence-corrected chi connectivity index (χ4v) is 2.17. The second-order valence-electron chi connectivity index (χ2n) is 4.43. The Morgan fingerprint density at radius 1 is 1.21 bits per heavy atom. The predicted octanol–water partition coefficient (Wildman–Crippen LogP) is 4.20. The van der Waals surface area contributed by atoms with Gasteiger partial charge in [-0.2, -0.15) is 0 Å². The molecule has 0 amide bonds. The van der Waals surface area contributed by atoms with Gasteiger partial charge in [-0.25, -0.2) is 8.78 Å². The standard InChI is InChI=1S/C15H13ClF2O/c1-9-7-11(17)6-5-10(9)8-14(19)12-3-2-4-13(16)15(12)18/h2-7,14,19H,8H2,1H3. The molecule has 4 heteroatoms. The molecule has 0 aliphatic carbocycles. The molecule has 0 aliphatic heterocycles. The van der Waals surface area contributed by atoms with Crippen LogP contribution in [0.25, 0.3) is 0 Å². The van der Waals surface area contributed by atoms with E-state index in [1.54, 1.807) is 19.1 Å². The van der Waals surface area contributed by atoms with Gasteiger partial charge in [0.25, 0.3) is 0 Å². The molecule has 19 heavy (non-hydrogen) atoms. The summed E-state index contributed by atoms with van der Waals surface area (Å²) in [6.45, 7) is 1.75. The van der Waals surface area contributed by atoms with Crippen LogP contribution in [0.3, 0.4) is 0 Å². The number of aliphatic hydroxyl groups excluding tert-OH is 1. The van der Waals surface area contributed by atoms with Crippen LogP contribution in [0, 0.1) is 18.6 Å². The summed E-state index contributed by atoms with van der Waals surface area (Å²) in [5, 5.41) is 10.1. The Hall–Kier alpha value is -1.45. The lowest BCUT2D eigenvalue weighted by Gasteiger charge is -2.14. The molecule has 1 nitrogen and oxygen atoms in total. The third kappa shape index (κ3) is 3.11. The topological polar surface area (TPSA) is 20.2 Å². The van der Waals surface area contributed by atoms with Gasteiger partial charge in [-0.1, -0.05) is 29.8 Å². The van der Waals surface area contributed by atoms with E-state index < -0.39 is 11.9 Å². The Kier molecular flexibility index (Phi) is 4.17. The second-order valence-corrected chi connectivity index (χ2v) is 4.84. The highest BCUT2D eigenvalue weighted by Gasteiger charge is 2.16. The highest BCUT2D eigenvalue weighted by Crippen LogP contribution is 2.26.